The van der Waals surface area contributed by atoms with Crippen molar-refractivity contribution >= 4 is 11.9 Å². The molecule has 48 heavy (non-hydrogen) atoms. The minimum atomic E-state index is -0.0675. The molecule has 3 aliphatic rings. The van der Waals surface area contributed by atoms with Gasteiger partial charge in [-0.25, -0.2) is 0 Å². The van der Waals surface area contributed by atoms with Gasteiger partial charge in [-0.15, -0.1) is 0 Å². The SMILES string of the molecule is CCCCCCC1C=CC(CCCCCCCC(=O)OCC2CO2)C(CCCCCCCC(=O)OCC2CO2)C1CCC(CC)CCC. The summed E-state index contributed by atoms with van der Waals surface area (Å²) in [5.74, 6) is 3.83. The number of hydrogen-bond donors (Lipinski definition) is 0. The first kappa shape index (κ1) is 41.0. The molecule has 2 saturated heterocycles. The Morgan fingerprint density at radius 1 is 0.583 bits per heavy atom. The molecule has 6 nitrogen and oxygen atoms in total. The monoisotopic (exact) mass is 675 g/mol. The van der Waals surface area contributed by atoms with Crippen molar-refractivity contribution in [1.29, 1.82) is 0 Å². The second-order valence-corrected chi connectivity index (χ2v) is 15.4. The van der Waals surface area contributed by atoms with Gasteiger partial charge in [0, 0.05) is 12.8 Å². The molecular weight excluding hydrogens is 600 g/mol. The summed E-state index contributed by atoms with van der Waals surface area (Å²) in [4.78, 5) is 23.9. The third kappa shape index (κ3) is 18.6. The highest BCUT2D eigenvalue weighted by Gasteiger charge is 2.35. The number of hydrogen-bond acceptors (Lipinski definition) is 6. The predicted octanol–water partition coefficient (Wildman–Crippen LogP) is 10.9. The van der Waals surface area contributed by atoms with Crippen molar-refractivity contribution in [1.82, 2.24) is 0 Å². The molecule has 278 valence electrons. The first-order valence-electron chi connectivity index (χ1n) is 20.8. The van der Waals surface area contributed by atoms with E-state index in [0.717, 1.165) is 62.6 Å². The molecule has 0 aromatic heterocycles. The molecule has 0 bridgehead atoms. The topological polar surface area (TPSA) is 77.7 Å². The van der Waals surface area contributed by atoms with E-state index in [1.165, 1.54) is 116 Å². The van der Waals surface area contributed by atoms with E-state index in [4.69, 9.17) is 18.9 Å². The average Bonchev–Trinajstić information content (AvgIpc) is 4.03. The first-order chi connectivity index (χ1) is 23.5. The van der Waals surface area contributed by atoms with Crippen molar-refractivity contribution in [2.24, 2.45) is 29.6 Å². The molecule has 0 saturated carbocycles. The Kier molecular flexibility index (Phi) is 21.8. The minimum Gasteiger partial charge on any atom is -0.463 e. The lowest BCUT2D eigenvalue weighted by Crippen LogP contribution is -2.32. The first-order valence-corrected chi connectivity index (χ1v) is 20.8. The van der Waals surface area contributed by atoms with Gasteiger partial charge in [-0.2, -0.15) is 0 Å². The molecule has 7 unspecified atom stereocenters. The van der Waals surface area contributed by atoms with Crippen LogP contribution in [0, 0.1) is 29.6 Å². The van der Waals surface area contributed by atoms with E-state index in [0.29, 0.717) is 32.0 Å². The van der Waals surface area contributed by atoms with Gasteiger partial charge in [0.2, 0.25) is 0 Å². The highest BCUT2D eigenvalue weighted by molar-refractivity contribution is 5.69. The quantitative estimate of drug-likeness (QED) is 0.0315. The van der Waals surface area contributed by atoms with Crippen LogP contribution in [0.25, 0.3) is 0 Å². The van der Waals surface area contributed by atoms with Crippen LogP contribution in [-0.4, -0.2) is 50.6 Å². The third-order valence-electron chi connectivity index (χ3n) is 11.3. The number of esters is 2. The van der Waals surface area contributed by atoms with Gasteiger partial charge >= 0.3 is 11.9 Å². The van der Waals surface area contributed by atoms with E-state index in [1.807, 2.05) is 0 Å². The summed E-state index contributed by atoms with van der Waals surface area (Å²) in [5.41, 5.74) is 0. The van der Waals surface area contributed by atoms with Gasteiger partial charge in [-0.05, 0) is 68.1 Å². The standard InChI is InChI=1S/C42H74O6/c1-4-7-8-15-21-36-28-27-35(22-16-11-9-13-18-24-41(43)47-32-37-30-45-37)39(40(36)29-26-34(6-3)20-5-2)23-17-12-10-14-19-25-42(44)48-33-38-31-46-38/h27-28,34-40H,4-26,29-33H2,1-3H3. The summed E-state index contributed by atoms with van der Waals surface area (Å²) >= 11 is 0. The second kappa shape index (κ2) is 25.5. The molecule has 0 aromatic rings. The highest BCUT2D eigenvalue weighted by atomic mass is 16.6. The Hall–Kier alpha value is -1.40. The minimum absolute atomic E-state index is 0.0643. The van der Waals surface area contributed by atoms with Crippen LogP contribution >= 0.6 is 0 Å². The van der Waals surface area contributed by atoms with E-state index in [2.05, 4.69) is 32.9 Å². The third-order valence-corrected chi connectivity index (χ3v) is 11.3. The van der Waals surface area contributed by atoms with Crippen molar-refractivity contribution in [3.8, 4) is 0 Å². The Morgan fingerprint density at radius 2 is 1.04 bits per heavy atom. The lowest BCUT2D eigenvalue weighted by Gasteiger charge is -2.41. The van der Waals surface area contributed by atoms with Gasteiger partial charge in [0.15, 0.2) is 0 Å². The fourth-order valence-corrected chi connectivity index (χ4v) is 8.08. The van der Waals surface area contributed by atoms with E-state index >= 15 is 0 Å². The summed E-state index contributed by atoms with van der Waals surface area (Å²) in [5, 5.41) is 0. The number of ether oxygens (including phenoxy) is 4. The average molecular weight is 675 g/mol. The molecule has 0 spiro atoms. The van der Waals surface area contributed by atoms with Crippen LogP contribution < -0.4 is 0 Å². The van der Waals surface area contributed by atoms with Crippen molar-refractivity contribution in [3.05, 3.63) is 12.2 Å². The normalized spacial score (nSPS) is 25.1. The van der Waals surface area contributed by atoms with Gasteiger partial charge < -0.3 is 18.9 Å². The van der Waals surface area contributed by atoms with Gasteiger partial charge in [-0.3, -0.25) is 9.59 Å². The van der Waals surface area contributed by atoms with E-state index in [1.54, 1.807) is 0 Å². The van der Waals surface area contributed by atoms with Gasteiger partial charge in [0.25, 0.3) is 0 Å². The molecule has 2 fully saturated rings. The van der Waals surface area contributed by atoms with Crippen LogP contribution in [0.15, 0.2) is 12.2 Å². The smallest absolute Gasteiger partial charge is 0.305 e. The van der Waals surface area contributed by atoms with Crippen molar-refractivity contribution in [3.63, 3.8) is 0 Å². The number of unbranched alkanes of at least 4 members (excludes halogenated alkanes) is 11. The van der Waals surface area contributed by atoms with E-state index in [-0.39, 0.29) is 24.1 Å². The maximum absolute atomic E-state index is 12.0. The molecule has 3 rings (SSSR count). The zero-order chi connectivity index (χ0) is 34.2. The summed E-state index contributed by atoms with van der Waals surface area (Å²) in [6.45, 7) is 9.40. The summed E-state index contributed by atoms with van der Waals surface area (Å²) in [6.07, 6.45) is 34.7. The van der Waals surface area contributed by atoms with Crippen LogP contribution in [0.5, 0.6) is 0 Å². The Bertz CT molecular complexity index is 864. The van der Waals surface area contributed by atoms with Crippen LogP contribution in [0.2, 0.25) is 0 Å². The molecule has 1 aliphatic carbocycles. The number of carbonyl (C=O) groups is 2. The molecule has 0 N–H and O–H groups in total. The van der Waals surface area contributed by atoms with Gasteiger partial charge in [-0.1, -0.05) is 136 Å². The summed E-state index contributed by atoms with van der Waals surface area (Å²) < 4.78 is 20.9. The fourth-order valence-electron chi connectivity index (χ4n) is 8.08. The molecule has 0 radical (unpaired) electrons. The highest BCUT2D eigenvalue weighted by Crippen LogP contribution is 2.45. The van der Waals surface area contributed by atoms with E-state index in [9.17, 15) is 9.59 Å². The molecule has 0 aromatic carbocycles. The molecule has 2 heterocycles. The lowest BCUT2D eigenvalue weighted by atomic mass is 9.64. The summed E-state index contributed by atoms with van der Waals surface area (Å²) in [6, 6.07) is 0. The lowest BCUT2D eigenvalue weighted by molar-refractivity contribution is -0.145. The molecular formula is C42H74O6. The second-order valence-electron chi connectivity index (χ2n) is 15.4. The number of epoxide rings is 2. The van der Waals surface area contributed by atoms with Crippen molar-refractivity contribution in [2.45, 2.75) is 187 Å². The predicted molar refractivity (Wildman–Crippen MR) is 196 cm³/mol. The number of carbonyl (C=O) groups excluding carboxylic acids is 2. The Balaban J connectivity index is 1.47. The van der Waals surface area contributed by atoms with Crippen molar-refractivity contribution in [2.75, 3.05) is 26.4 Å². The maximum atomic E-state index is 12.0. The maximum Gasteiger partial charge on any atom is 0.305 e. The fraction of sp³-hybridized carbons (Fsp3) is 0.905. The number of allylic oxidation sites excluding steroid dienone is 2. The van der Waals surface area contributed by atoms with Crippen molar-refractivity contribution < 1.29 is 28.5 Å². The van der Waals surface area contributed by atoms with Crippen LogP contribution in [0.4, 0.5) is 0 Å². The van der Waals surface area contributed by atoms with Crippen LogP contribution in [-0.2, 0) is 28.5 Å². The zero-order valence-electron chi connectivity index (χ0n) is 31.4. The van der Waals surface area contributed by atoms with Crippen LogP contribution in [0.3, 0.4) is 0 Å². The Morgan fingerprint density at radius 3 is 1.52 bits per heavy atom. The van der Waals surface area contributed by atoms with Gasteiger partial charge in [0.1, 0.15) is 25.4 Å². The zero-order valence-corrected chi connectivity index (χ0v) is 31.4. The summed E-state index contributed by atoms with van der Waals surface area (Å²) in [7, 11) is 0. The molecule has 7 atom stereocenters. The Labute approximate surface area is 295 Å². The number of rotatable bonds is 31. The molecule has 2 aliphatic heterocycles. The molecule has 0 amide bonds. The van der Waals surface area contributed by atoms with Gasteiger partial charge in [0.05, 0.1) is 13.2 Å². The van der Waals surface area contributed by atoms with E-state index < -0.39 is 0 Å². The van der Waals surface area contributed by atoms with Crippen LogP contribution in [0.1, 0.15) is 175 Å². The largest absolute Gasteiger partial charge is 0.463 e. The molecule has 6 heteroatoms.